The Labute approximate surface area is 122 Å². The molecule has 17 heavy (non-hydrogen) atoms. The van der Waals surface area contributed by atoms with E-state index >= 15 is 0 Å². The van der Waals surface area contributed by atoms with Gasteiger partial charge in [0.05, 0.1) is 0 Å². The number of halogens is 2. The van der Waals surface area contributed by atoms with Crippen LogP contribution in [0, 0.1) is 12.2 Å². The van der Waals surface area contributed by atoms with Crippen molar-refractivity contribution in [2.75, 3.05) is 0 Å². The van der Waals surface area contributed by atoms with Gasteiger partial charge in [0.1, 0.15) is 0 Å². The van der Waals surface area contributed by atoms with E-state index in [2.05, 4.69) is 50.3 Å². The first-order valence-corrected chi connectivity index (χ1v) is 13.7. The molecule has 0 bridgehead atoms. The predicted molar refractivity (Wildman–Crippen MR) is 73.3 cm³/mol. The van der Waals surface area contributed by atoms with Crippen molar-refractivity contribution < 1.29 is 17.6 Å². The summed E-state index contributed by atoms with van der Waals surface area (Å²) in [6.07, 6.45) is 19.3. The molecule has 95 valence electrons. The Morgan fingerprint density at radius 1 is 1.00 bits per heavy atom. The van der Waals surface area contributed by atoms with Crippen LogP contribution in [0.5, 0.6) is 0 Å². The minimum atomic E-state index is -0.889. The van der Waals surface area contributed by atoms with Crippen molar-refractivity contribution in [1.29, 1.82) is 0 Å². The standard InChI is InChI=1S/2C7H9.2ClH.Ta/c2*1-2-7-5-3-4-6-7;;;/h2*3,5H,2,4H2,1H3;2*1H;/q2*-1;;;+2/p-2. The van der Waals surface area contributed by atoms with Gasteiger partial charge in [-0.2, -0.15) is 12.2 Å². The van der Waals surface area contributed by atoms with Crippen LogP contribution in [0.4, 0.5) is 0 Å². The molecule has 0 aliphatic heterocycles. The summed E-state index contributed by atoms with van der Waals surface area (Å²) < 4.78 is 0. The van der Waals surface area contributed by atoms with Crippen molar-refractivity contribution in [3.63, 3.8) is 0 Å². The van der Waals surface area contributed by atoms with Gasteiger partial charge in [0.2, 0.25) is 0 Å². The summed E-state index contributed by atoms with van der Waals surface area (Å²) >= 11 is -0.889. The average molecular weight is 438 g/mol. The molecule has 0 spiro atoms. The zero-order valence-electron chi connectivity index (χ0n) is 10.3. The Kier molecular flexibility index (Phi) is 12.9. The van der Waals surface area contributed by atoms with Gasteiger partial charge in [0.15, 0.2) is 0 Å². The quantitative estimate of drug-likeness (QED) is 0.497. The summed E-state index contributed by atoms with van der Waals surface area (Å²) in [5, 5.41) is 0. The SMILES string of the molecule is CCC1=[C-]CC=C1.CCC1=[C-]CC=C1.[Cl][Ta][Cl]. The van der Waals surface area contributed by atoms with E-state index in [9.17, 15) is 0 Å². The van der Waals surface area contributed by atoms with E-state index in [-0.39, 0.29) is 0 Å². The molecule has 0 amide bonds. The molecule has 0 fully saturated rings. The van der Waals surface area contributed by atoms with Gasteiger partial charge < -0.3 is 0 Å². The van der Waals surface area contributed by atoms with Crippen molar-refractivity contribution >= 4 is 18.4 Å². The van der Waals surface area contributed by atoms with Crippen LogP contribution in [0.1, 0.15) is 39.5 Å². The molecule has 2 aliphatic rings. The van der Waals surface area contributed by atoms with Crippen molar-refractivity contribution in [2.45, 2.75) is 39.5 Å². The summed E-state index contributed by atoms with van der Waals surface area (Å²) in [6.45, 7) is 4.30. The van der Waals surface area contributed by atoms with Gasteiger partial charge in [-0.05, 0) is 0 Å². The van der Waals surface area contributed by atoms with Crippen molar-refractivity contribution in [1.82, 2.24) is 0 Å². The summed E-state index contributed by atoms with van der Waals surface area (Å²) in [6, 6.07) is 0. The molecule has 0 saturated heterocycles. The summed E-state index contributed by atoms with van der Waals surface area (Å²) in [5.74, 6) is 0. The Balaban J connectivity index is 0.000000247. The zero-order chi connectivity index (χ0) is 12.9. The molecule has 0 aromatic heterocycles. The molecule has 0 heterocycles. The molecule has 0 radical (unpaired) electrons. The Morgan fingerprint density at radius 2 is 1.35 bits per heavy atom. The molecule has 0 aromatic carbocycles. The van der Waals surface area contributed by atoms with E-state index in [1.165, 1.54) is 11.1 Å². The fourth-order valence-electron chi connectivity index (χ4n) is 1.39. The molecule has 3 heteroatoms. The topological polar surface area (TPSA) is 0 Å². The third-order valence-corrected chi connectivity index (χ3v) is 2.29. The molecule has 2 aliphatic carbocycles. The fraction of sp³-hybridized carbons (Fsp3) is 0.429. The van der Waals surface area contributed by atoms with E-state index in [4.69, 9.17) is 18.4 Å². The zero-order valence-corrected chi connectivity index (χ0v) is 15.1. The fourth-order valence-corrected chi connectivity index (χ4v) is 1.39. The van der Waals surface area contributed by atoms with E-state index in [0.29, 0.717) is 0 Å². The Bertz CT molecular complexity index is 271. The van der Waals surface area contributed by atoms with Crippen LogP contribution in [0.15, 0.2) is 35.5 Å². The first kappa shape index (κ1) is 17.3. The van der Waals surface area contributed by atoms with Gasteiger partial charge >= 0.3 is 36.0 Å². The Morgan fingerprint density at radius 3 is 1.47 bits per heavy atom. The molecular weight excluding hydrogens is 420 g/mol. The van der Waals surface area contributed by atoms with Gasteiger partial charge in [0, 0.05) is 0 Å². The third-order valence-electron chi connectivity index (χ3n) is 2.29. The van der Waals surface area contributed by atoms with E-state index in [0.717, 1.165) is 25.7 Å². The molecule has 2 rings (SSSR count). The van der Waals surface area contributed by atoms with Gasteiger partial charge in [0.25, 0.3) is 0 Å². The maximum atomic E-state index is 4.94. The van der Waals surface area contributed by atoms with Crippen LogP contribution in [0.25, 0.3) is 0 Å². The Hall–Kier alpha value is 0.280. The van der Waals surface area contributed by atoms with E-state index in [1.807, 2.05) is 0 Å². The summed E-state index contributed by atoms with van der Waals surface area (Å²) in [7, 11) is 9.89. The number of allylic oxidation sites excluding steroid dienone is 8. The molecule has 0 atom stereocenters. The van der Waals surface area contributed by atoms with E-state index < -0.39 is 17.6 Å². The van der Waals surface area contributed by atoms with Gasteiger partial charge in [-0.3, -0.25) is 12.2 Å². The molecule has 0 aromatic rings. The third kappa shape index (κ3) is 9.94. The van der Waals surface area contributed by atoms with Crippen LogP contribution in [-0.2, 0) is 17.6 Å². The van der Waals surface area contributed by atoms with Crippen LogP contribution in [0.2, 0.25) is 0 Å². The van der Waals surface area contributed by atoms with Crippen molar-refractivity contribution in [3.8, 4) is 0 Å². The van der Waals surface area contributed by atoms with Crippen LogP contribution in [0.3, 0.4) is 0 Å². The van der Waals surface area contributed by atoms with Crippen LogP contribution >= 0.6 is 18.4 Å². The molecule has 0 nitrogen and oxygen atoms in total. The molecule has 0 N–H and O–H groups in total. The second kappa shape index (κ2) is 12.7. The summed E-state index contributed by atoms with van der Waals surface area (Å²) in [5.41, 5.74) is 2.72. The number of hydrogen-bond acceptors (Lipinski definition) is 0. The van der Waals surface area contributed by atoms with Crippen molar-refractivity contribution in [3.05, 3.63) is 47.6 Å². The van der Waals surface area contributed by atoms with Crippen molar-refractivity contribution in [2.24, 2.45) is 0 Å². The van der Waals surface area contributed by atoms with Gasteiger partial charge in [-0.25, -0.2) is 23.3 Å². The van der Waals surface area contributed by atoms with Crippen LogP contribution in [-0.4, -0.2) is 0 Å². The van der Waals surface area contributed by atoms with Crippen LogP contribution < -0.4 is 0 Å². The maximum absolute atomic E-state index is 4.94. The number of hydrogen-bond donors (Lipinski definition) is 0. The molecular formula is C14H18Cl2Ta-2. The monoisotopic (exact) mass is 437 g/mol. The predicted octanol–water partition coefficient (Wildman–Crippen LogP) is 5.55. The average Bonchev–Trinajstić information content (AvgIpc) is 3.04. The normalized spacial score (nSPS) is 15.3. The number of rotatable bonds is 2. The second-order valence-electron chi connectivity index (χ2n) is 3.39. The van der Waals surface area contributed by atoms with Gasteiger partial charge in [-0.1, -0.05) is 26.7 Å². The van der Waals surface area contributed by atoms with Gasteiger partial charge in [-0.15, -0.1) is 12.8 Å². The molecule has 0 unspecified atom stereocenters. The van der Waals surface area contributed by atoms with E-state index in [1.54, 1.807) is 0 Å². The summed E-state index contributed by atoms with van der Waals surface area (Å²) in [4.78, 5) is 0. The molecule has 0 saturated carbocycles. The second-order valence-corrected chi connectivity index (χ2v) is 8.03. The first-order valence-electron chi connectivity index (χ1n) is 5.73. The minimum absolute atomic E-state index is 0.889. The first-order chi connectivity index (χ1) is 8.28.